The summed E-state index contributed by atoms with van der Waals surface area (Å²) in [7, 11) is -1.93. The van der Waals surface area contributed by atoms with E-state index in [1.807, 2.05) is 18.7 Å². The van der Waals surface area contributed by atoms with E-state index in [1.165, 1.54) is 17.4 Å². The van der Waals surface area contributed by atoms with E-state index in [0.717, 1.165) is 18.4 Å². The summed E-state index contributed by atoms with van der Waals surface area (Å²) in [6.45, 7) is 4.19. The maximum absolute atomic E-state index is 14.2. The highest BCUT2D eigenvalue weighted by atomic mass is 32.2. The number of sulfonamides is 1. The van der Waals surface area contributed by atoms with Crippen molar-refractivity contribution in [2.75, 3.05) is 32.9 Å². The molecule has 1 aliphatic heterocycles. The van der Waals surface area contributed by atoms with Crippen LogP contribution in [0.5, 0.6) is 0 Å². The van der Waals surface area contributed by atoms with E-state index in [0.29, 0.717) is 0 Å². The van der Waals surface area contributed by atoms with Crippen LogP contribution >= 0.6 is 0 Å². The lowest BCUT2D eigenvalue weighted by molar-refractivity contribution is -0.141. The largest absolute Gasteiger partial charge is 0.481 e. The molecule has 1 aliphatic rings. The van der Waals surface area contributed by atoms with Gasteiger partial charge in [-0.25, -0.2) is 21.5 Å². The Morgan fingerprint density at radius 3 is 2.46 bits per heavy atom. The summed E-state index contributed by atoms with van der Waals surface area (Å²) in [6, 6.07) is 3.15. The maximum Gasteiger partial charge on any atom is 0.308 e. The second kappa shape index (κ2) is 7.21. The van der Waals surface area contributed by atoms with E-state index in [4.69, 9.17) is 0 Å². The number of hydrogen-bond acceptors (Lipinski definition) is 4. The molecule has 0 bridgehead atoms. The molecule has 0 amide bonds. The molecule has 26 heavy (non-hydrogen) atoms. The molecule has 0 aromatic heterocycles. The lowest BCUT2D eigenvalue weighted by atomic mass is 9.88. The Morgan fingerprint density at radius 2 is 1.96 bits per heavy atom. The van der Waals surface area contributed by atoms with Gasteiger partial charge in [-0.15, -0.1) is 0 Å². The van der Waals surface area contributed by atoms with E-state index >= 15 is 0 Å². The van der Waals surface area contributed by atoms with Crippen LogP contribution in [0.25, 0.3) is 0 Å². The molecule has 2 atom stereocenters. The molecule has 1 heterocycles. The van der Waals surface area contributed by atoms with Crippen LogP contribution < -0.4 is 0 Å². The third-order valence-corrected chi connectivity index (χ3v) is 6.29. The van der Waals surface area contributed by atoms with Gasteiger partial charge in [0.25, 0.3) is 0 Å². The molecule has 1 aromatic rings. The van der Waals surface area contributed by atoms with Crippen molar-refractivity contribution in [2.24, 2.45) is 5.92 Å². The highest BCUT2D eigenvalue weighted by molar-refractivity contribution is 7.88. The summed E-state index contributed by atoms with van der Waals surface area (Å²) in [5.74, 6) is -4.06. The Bertz CT molecular complexity index is 798. The molecule has 6 nitrogen and oxygen atoms in total. The van der Waals surface area contributed by atoms with Crippen molar-refractivity contribution in [3.8, 4) is 0 Å². The number of benzene rings is 1. The van der Waals surface area contributed by atoms with Crippen molar-refractivity contribution in [3.05, 3.63) is 35.4 Å². The van der Waals surface area contributed by atoms with Gasteiger partial charge in [-0.3, -0.25) is 9.69 Å². The van der Waals surface area contributed by atoms with E-state index in [9.17, 15) is 27.1 Å². The zero-order valence-electron chi connectivity index (χ0n) is 15.2. The Hall–Kier alpha value is -1.58. The lowest BCUT2D eigenvalue weighted by Crippen LogP contribution is -2.51. The predicted octanol–water partition coefficient (Wildman–Crippen LogP) is 1.73. The van der Waals surface area contributed by atoms with Gasteiger partial charge in [-0.05, 0) is 25.5 Å². The van der Waals surface area contributed by atoms with Gasteiger partial charge in [0.2, 0.25) is 10.0 Å². The van der Waals surface area contributed by atoms with Gasteiger partial charge in [0.05, 0.1) is 12.2 Å². The monoisotopic (exact) mass is 390 g/mol. The summed E-state index contributed by atoms with van der Waals surface area (Å²) >= 11 is 0. The van der Waals surface area contributed by atoms with Crippen molar-refractivity contribution >= 4 is 16.0 Å². The average molecular weight is 390 g/mol. The number of carboxylic acid groups (broad SMARTS) is 1. The van der Waals surface area contributed by atoms with Crippen LogP contribution in [0.15, 0.2) is 18.2 Å². The zero-order valence-corrected chi connectivity index (χ0v) is 16.1. The van der Waals surface area contributed by atoms with Gasteiger partial charge in [-0.1, -0.05) is 6.07 Å². The van der Waals surface area contributed by atoms with Crippen LogP contribution in [-0.4, -0.2) is 67.2 Å². The third kappa shape index (κ3) is 4.39. The van der Waals surface area contributed by atoms with Crippen LogP contribution in [-0.2, 0) is 14.8 Å². The predicted molar refractivity (Wildman–Crippen MR) is 93.4 cm³/mol. The molecule has 0 radical (unpaired) electrons. The highest BCUT2D eigenvalue weighted by Gasteiger charge is 2.45. The number of likely N-dealkylation sites (tertiary alicyclic amines) is 1. The molecular weight excluding hydrogens is 366 g/mol. The number of carbonyl (C=O) groups is 1. The number of nitrogens with zero attached hydrogens (tertiary/aromatic N) is 2. The fourth-order valence-electron chi connectivity index (χ4n) is 3.43. The summed E-state index contributed by atoms with van der Waals surface area (Å²) in [5.41, 5.74) is -0.495. The zero-order chi connectivity index (χ0) is 19.9. The number of halogens is 2. The molecule has 0 saturated carbocycles. The first kappa shape index (κ1) is 20.7. The fraction of sp³-hybridized carbons (Fsp3) is 0.588. The van der Waals surface area contributed by atoms with E-state index in [1.54, 1.807) is 0 Å². The Labute approximate surface area is 152 Å². The lowest BCUT2D eigenvalue weighted by Gasteiger charge is -2.38. The van der Waals surface area contributed by atoms with Crippen LogP contribution in [0.3, 0.4) is 0 Å². The van der Waals surface area contributed by atoms with Gasteiger partial charge in [0.15, 0.2) is 0 Å². The summed E-state index contributed by atoms with van der Waals surface area (Å²) in [5, 5.41) is 9.56. The fourth-order valence-corrected chi connectivity index (χ4v) is 3.98. The summed E-state index contributed by atoms with van der Waals surface area (Å²) in [4.78, 5) is 13.5. The van der Waals surface area contributed by atoms with Gasteiger partial charge in [0.1, 0.15) is 11.6 Å². The van der Waals surface area contributed by atoms with Crippen LogP contribution in [0.1, 0.15) is 25.3 Å². The molecule has 1 aromatic carbocycles. The van der Waals surface area contributed by atoms with Crippen LogP contribution in [0.4, 0.5) is 8.78 Å². The Morgan fingerprint density at radius 1 is 1.35 bits per heavy atom. The molecule has 0 aliphatic carbocycles. The molecule has 2 rings (SSSR count). The first-order chi connectivity index (χ1) is 11.8. The Kier molecular flexibility index (Phi) is 5.74. The van der Waals surface area contributed by atoms with Crippen molar-refractivity contribution in [1.29, 1.82) is 0 Å². The smallest absolute Gasteiger partial charge is 0.308 e. The normalized spacial score (nSPS) is 22.1. The summed E-state index contributed by atoms with van der Waals surface area (Å²) in [6.07, 6.45) is 1.10. The molecular formula is C17H24F2N2O4S. The van der Waals surface area contributed by atoms with Gasteiger partial charge in [0, 0.05) is 44.2 Å². The van der Waals surface area contributed by atoms with E-state index < -0.39 is 45.0 Å². The average Bonchev–Trinajstić information content (AvgIpc) is 2.91. The number of likely N-dealkylation sites (N-methyl/N-ethyl adjacent to an activating group) is 1. The molecule has 1 fully saturated rings. The van der Waals surface area contributed by atoms with Crippen molar-refractivity contribution in [3.63, 3.8) is 0 Å². The van der Waals surface area contributed by atoms with Gasteiger partial charge >= 0.3 is 5.97 Å². The quantitative estimate of drug-likeness (QED) is 0.801. The minimum atomic E-state index is -3.38. The Balaban J connectivity index is 2.29. The molecule has 9 heteroatoms. The number of rotatable bonds is 6. The molecule has 1 N–H and O–H groups in total. The van der Waals surface area contributed by atoms with Crippen LogP contribution in [0, 0.1) is 17.6 Å². The van der Waals surface area contributed by atoms with Gasteiger partial charge in [-0.2, -0.15) is 0 Å². The van der Waals surface area contributed by atoms with E-state index in [-0.39, 0.29) is 25.2 Å². The second-order valence-electron chi connectivity index (χ2n) is 7.45. The SMILES string of the molecule is CN(CC(C)(C)N1C[C@@H](C(=O)O)[C@H](c2ccc(F)cc2F)C1)S(C)(=O)=O. The first-order valence-electron chi connectivity index (χ1n) is 8.17. The molecule has 146 valence electrons. The number of carboxylic acids is 1. The summed E-state index contributed by atoms with van der Waals surface area (Å²) < 4.78 is 51.9. The molecule has 0 spiro atoms. The maximum atomic E-state index is 14.2. The van der Waals surface area contributed by atoms with Crippen LogP contribution in [0.2, 0.25) is 0 Å². The standard InChI is InChI=1S/C17H24F2N2O4S/c1-17(2,10-20(3)26(4,24)25)21-8-13(14(9-21)16(22)23)12-6-5-11(18)7-15(12)19/h5-7,13-14H,8-10H2,1-4H3,(H,22,23)/t13-,14+/m0/s1. The number of aliphatic carboxylic acids is 1. The topological polar surface area (TPSA) is 77.9 Å². The second-order valence-corrected chi connectivity index (χ2v) is 9.54. The molecule has 0 unspecified atom stereocenters. The highest BCUT2D eigenvalue weighted by Crippen LogP contribution is 2.38. The molecule has 1 saturated heterocycles. The van der Waals surface area contributed by atoms with Gasteiger partial charge < -0.3 is 5.11 Å². The van der Waals surface area contributed by atoms with Crippen molar-refractivity contribution < 1.29 is 27.1 Å². The van der Waals surface area contributed by atoms with Crippen molar-refractivity contribution in [1.82, 2.24) is 9.21 Å². The van der Waals surface area contributed by atoms with E-state index in [2.05, 4.69) is 0 Å². The minimum Gasteiger partial charge on any atom is -0.481 e. The minimum absolute atomic E-state index is 0.154. The first-order valence-corrected chi connectivity index (χ1v) is 10.0. The number of hydrogen-bond donors (Lipinski definition) is 1. The third-order valence-electron chi connectivity index (χ3n) is 5.03. The van der Waals surface area contributed by atoms with Crippen molar-refractivity contribution in [2.45, 2.75) is 25.3 Å².